The number of sulfonamides is 1. The van der Waals surface area contributed by atoms with Gasteiger partial charge in [-0.25, -0.2) is 17.6 Å². The summed E-state index contributed by atoms with van der Waals surface area (Å²) in [5.41, 5.74) is 1.16. The van der Waals surface area contributed by atoms with Crippen molar-refractivity contribution in [2.24, 2.45) is 4.99 Å². The molecule has 0 N–H and O–H groups in total. The molecule has 37 heavy (non-hydrogen) atoms. The van der Waals surface area contributed by atoms with Crippen molar-refractivity contribution >= 4 is 43.5 Å². The fourth-order valence-corrected chi connectivity index (χ4v) is 6.95. The van der Waals surface area contributed by atoms with Gasteiger partial charge in [0.05, 0.1) is 33.9 Å². The van der Waals surface area contributed by atoms with Crippen LogP contribution in [0.2, 0.25) is 0 Å². The minimum Gasteiger partial charge on any atom is -0.462 e. The van der Waals surface area contributed by atoms with Crippen molar-refractivity contribution in [2.75, 3.05) is 26.4 Å². The highest BCUT2D eigenvalue weighted by Crippen LogP contribution is 2.27. The van der Waals surface area contributed by atoms with E-state index in [1.807, 2.05) is 11.5 Å². The molecule has 0 aliphatic carbocycles. The molecule has 2 heterocycles. The van der Waals surface area contributed by atoms with Crippen LogP contribution in [0.4, 0.5) is 4.39 Å². The normalized spacial score (nSPS) is 16.9. The number of rotatable bonds is 9. The van der Waals surface area contributed by atoms with E-state index >= 15 is 0 Å². The number of carbonyl (C=O) groups is 2. The van der Waals surface area contributed by atoms with Crippen molar-refractivity contribution in [3.05, 3.63) is 58.6 Å². The predicted molar refractivity (Wildman–Crippen MR) is 136 cm³/mol. The van der Waals surface area contributed by atoms with Crippen molar-refractivity contribution < 1.29 is 31.9 Å². The molecule has 3 aromatic rings. The lowest BCUT2D eigenvalue weighted by molar-refractivity contribution is -0.121. The van der Waals surface area contributed by atoms with Crippen LogP contribution in [0.15, 0.2) is 52.4 Å². The topological polar surface area (TPSA) is 107 Å². The van der Waals surface area contributed by atoms with Gasteiger partial charge < -0.3 is 14.0 Å². The number of fused-ring (bicyclic) bond motifs is 1. The molecule has 1 aliphatic rings. The third-order valence-electron chi connectivity index (χ3n) is 5.97. The lowest BCUT2D eigenvalue weighted by Gasteiger charge is -2.21. The molecule has 198 valence electrons. The van der Waals surface area contributed by atoms with Crippen molar-refractivity contribution in [1.82, 2.24) is 8.87 Å². The van der Waals surface area contributed by atoms with Gasteiger partial charge in [-0.05, 0) is 69.2 Å². The Morgan fingerprint density at radius 1 is 1.14 bits per heavy atom. The number of hydrogen-bond donors (Lipinski definition) is 0. The molecule has 0 saturated carbocycles. The van der Waals surface area contributed by atoms with E-state index in [1.165, 1.54) is 23.5 Å². The van der Waals surface area contributed by atoms with Gasteiger partial charge >= 0.3 is 5.97 Å². The fraction of sp³-hybridized carbons (Fsp3) is 0.400. The quantitative estimate of drug-likeness (QED) is 0.299. The van der Waals surface area contributed by atoms with Crippen molar-refractivity contribution in [3.8, 4) is 0 Å². The van der Waals surface area contributed by atoms with Gasteiger partial charge in [-0.15, -0.1) is 0 Å². The summed E-state index contributed by atoms with van der Waals surface area (Å²) in [6.45, 7) is 5.37. The van der Waals surface area contributed by atoms with E-state index in [1.54, 1.807) is 25.1 Å². The van der Waals surface area contributed by atoms with E-state index in [2.05, 4.69) is 4.99 Å². The van der Waals surface area contributed by atoms with E-state index < -0.39 is 33.8 Å². The first-order chi connectivity index (χ1) is 17.8. The zero-order valence-corrected chi connectivity index (χ0v) is 22.2. The van der Waals surface area contributed by atoms with E-state index in [0.29, 0.717) is 43.0 Å². The number of amides is 1. The molecule has 4 rings (SSSR count). The molecular formula is C25H28FN3O6S2. The van der Waals surface area contributed by atoms with Crippen LogP contribution in [0.5, 0.6) is 0 Å². The van der Waals surface area contributed by atoms with E-state index in [4.69, 9.17) is 9.47 Å². The van der Waals surface area contributed by atoms with Gasteiger partial charge in [0, 0.05) is 19.7 Å². The molecule has 1 aliphatic heterocycles. The molecule has 0 radical (unpaired) electrons. The average molecular weight is 550 g/mol. The van der Waals surface area contributed by atoms with Gasteiger partial charge in [-0.2, -0.15) is 9.30 Å². The van der Waals surface area contributed by atoms with E-state index in [-0.39, 0.29) is 18.0 Å². The molecule has 1 aromatic heterocycles. The standard InChI is InChI=1S/C25H28FN3O6S2/c1-3-34-15-14-28-20-12-7-17(24(31)35-4-2)16-22(20)36-25(28)27-23(30)21-6-5-13-29(21)37(32,33)19-10-8-18(26)9-11-19/h7-12,16,21H,3-6,13-15H2,1-2H3. The van der Waals surface area contributed by atoms with Gasteiger partial charge in [-0.1, -0.05) is 11.3 Å². The molecule has 1 amide bonds. The summed E-state index contributed by atoms with van der Waals surface area (Å²) < 4.78 is 54.0. The van der Waals surface area contributed by atoms with Crippen molar-refractivity contribution in [3.63, 3.8) is 0 Å². The second-order valence-electron chi connectivity index (χ2n) is 8.31. The molecule has 12 heteroatoms. The maximum absolute atomic E-state index is 13.3. The molecular weight excluding hydrogens is 521 g/mol. The Labute approximate surface area is 218 Å². The number of hydrogen-bond acceptors (Lipinski definition) is 7. The molecule has 1 unspecified atom stereocenters. The second kappa shape index (κ2) is 11.6. The summed E-state index contributed by atoms with van der Waals surface area (Å²) in [5, 5.41) is 0. The highest BCUT2D eigenvalue weighted by atomic mass is 32.2. The van der Waals surface area contributed by atoms with Gasteiger partial charge in [0.25, 0.3) is 5.91 Å². The number of ether oxygens (including phenoxy) is 2. The molecule has 9 nitrogen and oxygen atoms in total. The number of nitrogens with zero attached hydrogens (tertiary/aromatic N) is 3. The number of thiazole rings is 1. The van der Waals surface area contributed by atoms with Crippen LogP contribution >= 0.6 is 11.3 Å². The first-order valence-electron chi connectivity index (χ1n) is 12.0. The summed E-state index contributed by atoms with van der Waals surface area (Å²) in [4.78, 5) is 30.2. The van der Waals surface area contributed by atoms with Crippen molar-refractivity contribution in [1.29, 1.82) is 0 Å². The van der Waals surface area contributed by atoms with Crippen LogP contribution in [0.3, 0.4) is 0 Å². The van der Waals surface area contributed by atoms with Crippen LogP contribution in [0.1, 0.15) is 37.0 Å². The van der Waals surface area contributed by atoms with Crippen LogP contribution < -0.4 is 4.80 Å². The number of aromatic nitrogens is 1. The number of esters is 1. The van der Waals surface area contributed by atoms with Crippen LogP contribution in [-0.4, -0.2) is 61.6 Å². The van der Waals surface area contributed by atoms with Gasteiger partial charge in [0.15, 0.2) is 4.80 Å². The maximum Gasteiger partial charge on any atom is 0.338 e. The van der Waals surface area contributed by atoms with Crippen LogP contribution in [0, 0.1) is 5.82 Å². The summed E-state index contributed by atoms with van der Waals surface area (Å²) in [7, 11) is -4.00. The number of benzene rings is 2. The molecule has 1 saturated heterocycles. The first-order valence-corrected chi connectivity index (χ1v) is 14.3. The number of halogens is 1. The molecule has 0 spiro atoms. The third kappa shape index (κ3) is 5.82. The Kier molecular flexibility index (Phi) is 8.53. The van der Waals surface area contributed by atoms with Gasteiger partial charge in [0.1, 0.15) is 11.9 Å². The lowest BCUT2D eigenvalue weighted by Crippen LogP contribution is -2.40. The smallest absolute Gasteiger partial charge is 0.338 e. The Hall–Kier alpha value is -2.93. The Morgan fingerprint density at radius 3 is 2.59 bits per heavy atom. The van der Waals surface area contributed by atoms with Gasteiger partial charge in [-0.3, -0.25) is 4.79 Å². The largest absolute Gasteiger partial charge is 0.462 e. The Balaban J connectivity index is 1.71. The zero-order chi connectivity index (χ0) is 26.6. The molecule has 1 fully saturated rings. The minimum atomic E-state index is -4.00. The Morgan fingerprint density at radius 2 is 1.89 bits per heavy atom. The Bertz CT molecular complexity index is 1460. The third-order valence-corrected chi connectivity index (χ3v) is 8.94. The molecule has 1 atom stereocenters. The van der Waals surface area contributed by atoms with E-state index in [0.717, 1.165) is 26.7 Å². The van der Waals surface area contributed by atoms with Gasteiger partial charge in [0.2, 0.25) is 10.0 Å². The molecule has 0 bridgehead atoms. The lowest BCUT2D eigenvalue weighted by atomic mass is 10.2. The monoisotopic (exact) mass is 549 g/mol. The van der Waals surface area contributed by atoms with Crippen LogP contribution in [-0.2, 0) is 30.8 Å². The average Bonchev–Trinajstić information content (AvgIpc) is 3.50. The summed E-state index contributed by atoms with van der Waals surface area (Å²) in [6.07, 6.45) is 0.839. The summed E-state index contributed by atoms with van der Waals surface area (Å²) in [6, 6.07) is 8.70. The first kappa shape index (κ1) is 27.1. The second-order valence-corrected chi connectivity index (χ2v) is 11.2. The summed E-state index contributed by atoms with van der Waals surface area (Å²) >= 11 is 1.23. The minimum absolute atomic E-state index is 0.0752. The highest BCUT2D eigenvalue weighted by Gasteiger charge is 2.39. The summed E-state index contributed by atoms with van der Waals surface area (Å²) in [5.74, 6) is -1.57. The number of carbonyl (C=O) groups excluding carboxylic acids is 2. The molecule has 2 aromatic carbocycles. The maximum atomic E-state index is 13.3. The van der Waals surface area contributed by atoms with Crippen LogP contribution in [0.25, 0.3) is 10.2 Å². The zero-order valence-electron chi connectivity index (χ0n) is 20.6. The highest BCUT2D eigenvalue weighted by molar-refractivity contribution is 7.89. The van der Waals surface area contributed by atoms with Crippen molar-refractivity contribution in [2.45, 2.75) is 44.2 Å². The SMILES string of the molecule is CCOCCn1c(=NC(=O)C2CCCN2S(=O)(=O)c2ccc(F)cc2)sc2cc(C(=O)OCC)ccc21. The van der Waals surface area contributed by atoms with E-state index in [9.17, 15) is 22.4 Å². The fourth-order valence-electron chi connectivity index (χ4n) is 4.20. The predicted octanol–water partition coefficient (Wildman–Crippen LogP) is 3.34.